The van der Waals surface area contributed by atoms with Crippen molar-refractivity contribution in [3.63, 3.8) is 0 Å². The summed E-state index contributed by atoms with van der Waals surface area (Å²) in [7, 11) is 0. The molecule has 0 saturated heterocycles. The first-order chi connectivity index (χ1) is 11.6. The van der Waals surface area contributed by atoms with Gasteiger partial charge in [0.05, 0.1) is 11.6 Å². The molecule has 0 fully saturated rings. The van der Waals surface area contributed by atoms with Gasteiger partial charge in [-0.25, -0.2) is 4.98 Å². The van der Waals surface area contributed by atoms with E-state index in [2.05, 4.69) is 10.1 Å². The van der Waals surface area contributed by atoms with Crippen LogP contribution in [0.4, 0.5) is 0 Å². The van der Waals surface area contributed by atoms with Gasteiger partial charge in [0.25, 0.3) is 5.56 Å². The molecular weight excluding hydrogens is 318 g/mol. The number of fused-ring (bicyclic) bond motifs is 3. The predicted molar refractivity (Wildman–Crippen MR) is 99.4 cm³/mol. The third kappa shape index (κ3) is 2.59. The van der Waals surface area contributed by atoms with Crippen LogP contribution in [0.3, 0.4) is 0 Å². The summed E-state index contributed by atoms with van der Waals surface area (Å²) in [5, 5.41) is 5.18. The highest BCUT2D eigenvalue weighted by atomic mass is 32.1. The zero-order valence-corrected chi connectivity index (χ0v) is 14.7. The molecule has 122 valence electrons. The highest BCUT2D eigenvalue weighted by molar-refractivity contribution is 7.18. The van der Waals surface area contributed by atoms with E-state index in [0.717, 1.165) is 35.0 Å². The number of hydrogen-bond donors (Lipinski definition) is 0. The Morgan fingerprint density at radius 3 is 2.71 bits per heavy atom. The van der Waals surface area contributed by atoms with E-state index in [0.29, 0.717) is 5.82 Å². The van der Waals surface area contributed by atoms with Crippen LogP contribution in [0, 0.1) is 13.8 Å². The van der Waals surface area contributed by atoms with E-state index in [1.807, 2.05) is 38.1 Å². The van der Waals surface area contributed by atoms with Gasteiger partial charge < -0.3 is 0 Å². The van der Waals surface area contributed by atoms with Crippen LogP contribution in [-0.2, 0) is 12.8 Å². The van der Waals surface area contributed by atoms with Gasteiger partial charge in [0.2, 0.25) is 0 Å². The summed E-state index contributed by atoms with van der Waals surface area (Å²) in [5.41, 5.74) is 3.34. The molecule has 1 aliphatic rings. The van der Waals surface area contributed by atoms with Crippen LogP contribution >= 0.6 is 11.3 Å². The average molecular weight is 337 g/mol. The summed E-state index contributed by atoms with van der Waals surface area (Å²) in [6.07, 6.45) is 6.13. The third-order valence-corrected chi connectivity index (χ3v) is 5.71. The minimum absolute atomic E-state index is 0.0414. The molecule has 4 rings (SSSR count). The molecule has 4 nitrogen and oxygen atoms in total. The number of nitrogens with zero attached hydrogens (tertiary/aromatic N) is 3. The summed E-state index contributed by atoms with van der Waals surface area (Å²) in [6, 6.07) is 8.07. The van der Waals surface area contributed by atoms with Crippen molar-refractivity contribution in [3.8, 4) is 0 Å². The van der Waals surface area contributed by atoms with Crippen molar-refractivity contribution in [2.45, 2.75) is 39.5 Å². The van der Waals surface area contributed by atoms with Gasteiger partial charge >= 0.3 is 0 Å². The van der Waals surface area contributed by atoms with E-state index >= 15 is 0 Å². The van der Waals surface area contributed by atoms with Crippen molar-refractivity contribution in [3.05, 3.63) is 62.0 Å². The molecule has 1 aliphatic carbocycles. The van der Waals surface area contributed by atoms with Gasteiger partial charge in [0, 0.05) is 4.88 Å². The number of hydrogen-bond acceptors (Lipinski definition) is 4. The highest BCUT2D eigenvalue weighted by Crippen LogP contribution is 2.33. The largest absolute Gasteiger partial charge is 0.283 e. The van der Waals surface area contributed by atoms with Crippen LogP contribution in [0.15, 0.2) is 34.2 Å². The first kappa shape index (κ1) is 15.3. The standard InChI is InChI=1S/C19H19N3OS/c1-12-7-9-14(10-8-12)11-20-22-13(2)21-18-17(19(22)23)15-5-3-4-6-16(15)24-18/h7-11H,3-6H2,1-2H3. The molecule has 2 heterocycles. The number of benzene rings is 1. The average Bonchev–Trinajstić information content (AvgIpc) is 2.94. The molecule has 0 N–H and O–H groups in total. The van der Waals surface area contributed by atoms with Gasteiger partial charge in [-0.15, -0.1) is 11.3 Å². The maximum atomic E-state index is 13.0. The maximum absolute atomic E-state index is 13.0. The minimum atomic E-state index is -0.0414. The second-order valence-electron chi connectivity index (χ2n) is 6.32. The molecule has 0 radical (unpaired) electrons. The topological polar surface area (TPSA) is 47.2 Å². The fraction of sp³-hybridized carbons (Fsp3) is 0.316. The lowest BCUT2D eigenvalue weighted by molar-refractivity contribution is 0.698. The second kappa shape index (κ2) is 5.98. The molecule has 0 saturated carbocycles. The highest BCUT2D eigenvalue weighted by Gasteiger charge is 2.20. The van der Waals surface area contributed by atoms with Gasteiger partial charge in [-0.05, 0) is 50.7 Å². The molecule has 24 heavy (non-hydrogen) atoms. The van der Waals surface area contributed by atoms with E-state index in [4.69, 9.17) is 0 Å². The lowest BCUT2D eigenvalue weighted by Crippen LogP contribution is -2.21. The first-order valence-corrected chi connectivity index (χ1v) is 9.10. The molecule has 0 aliphatic heterocycles. The van der Waals surface area contributed by atoms with Crippen molar-refractivity contribution in [1.82, 2.24) is 9.66 Å². The molecule has 0 unspecified atom stereocenters. The Balaban J connectivity index is 1.83. The Kier molecular flexibility index (Phi) is 3.81. The number of thiophene rings is 1. The normalized spacial score (nSPS) is 14.4. The van der Waals surface area contributed by atoms with E-state index in [-0.39, 0.29) is 5.56 Å². The fourth-order valence-corrected chi connectivity index (χ4v) is 4.51. The number of rotatable bonds is 2. The molecule has 0 atom stereocenters. The molecule has 0 bridgehead atoms. The summed E-state index contributed by atoms with van der Waals surface area (Å²) in [6.45, 7) is 3.89. The predicted octanol–water partition coefficient (Wildman–Crippen LogP) is 3.84. The molecule has 5 heteroatoms. The van der Waals surface area contributed by atoms with Crippen LogP contribution in [-0.4, -0.2) is 15.9 Å². The van der Waals surface area contributed by atoms with Crippen molar-refractivity contribution in [2.24, 2.45) is 5.10 Å². The van der Waals surface area contributed by atoms with Crippen molar-refractivity contribution in [2.75, 3.05) is 0 Å². The van der Waals surface area contributed by atoms with Gasteiger partial charge in [0.15, 0.2) is 0 Å². The molecule has 0 amide bonds. The smallest absolute Gasteiger partial charge is 0.267 e. The summed E-state index contributed by atoms with van der Waals surface area (Å²) in [4.78, 5) is 19.8. The van der Waals surface area contributed by atoms with Crippen LogP contribution in [0.5, 0.6) is 0 Å². The number of aryl methyl sites for hydroxylation is 4. The zero-order valence-electron chi connectivity index (χ0n) is 13.9. The number of aromatic nitrogens is 2. The van der Waals surface area contributed by atoms with Gasteiger partial charge in [0.1, 0.15) is 10.7 Å². The molecule has 0 spiro atoms. The van der Waals surface area contributed by atoms with E-state index < -0.39 is 0 Å². The van der Waals surface area contributed by atoms with Crippen LogP contribution in [0.1, 0.15) is 40.2 Å². The van der Waals surface area contributed by atoms with Crippen molar-refractivity contribution < 1.29 is 0 Å². The SMILES string of the molecule is Cc1ccc(C=Nn2c(C)nc3sc4c(c3c2=O)CCCC4)cc1. The quantitative estimate of drug-likeness (QED) is 0.667. The monoisotopic (exact) mass is 337 g/mol. The third-order valence-electron chi connectivity index (χ3n) is 4.53. The fourth-order valence-electron chi connectivity index (χ4n) is 3.21. The first-order valence-electron chi connectivity index (χ1n) is 8.28. The Morgan fingerprint density at radius 1 is 1.17 bits per heavy atom. The maximum Gasteiger partial charge on any atom is 0.283 e. The summed E-state index contributed by atoms with van der Waals surface area (Å²) in [5.74, 6) is 0.634. The lowest BCUT2D eigenvalue weighted by atomic mass is 9.97. The van der Waals surface area contributed by atoms with Crippen LogP contribution < -0.4 is 5.56 Å². The molecular formula is C19H19N3OS. The second-order valence-corrected chi connectivity index (χ2v) is 7.41. The zero-order chi connectivity index (χ0) is 16.7. The minimum Gasteiger partial charge on any atom is -0.267 e. The molecule has 1 aromatic carbocycles. The summed E-state index contributed by atoms with van der Waals surface area (Å²) >= 11 is 1.68. The van der Waals surface area contributed by atoms with E-state index in [1.165, 1.54) is 27.1 Å². The Hall–Kier alpha value is -2.27. The van der Waals surface area contributed by atoms with Crippen molar-refractivity contribution >= 4 is 27.8 Å². The Labute approximate surface area is 144 Å². The van der Waals surface area contributed by atoms with E-state index in [9.17, 15) is 4.79 Å². The van der Waals surface area contributed by atoms with Crippen molar-refractivity contribution in [1.29, 1.82) is 0 Å². The van der Waals surface area contributed by atoms with Gasteiger partial charge in [-0.3, -0.25) is 4.79 Å². The van der Waals surface area contributed by atoms with Gasteiger partial charge in [-0.1, -0.05) is 29.8 Å². The lowest BCUT2D eigenvalue weighted by Gasteiger charge is -2.10. The van der Waals surface area contributed by atoms with Gasteiger partial charge in [-0.2, -0.15) is 9.78 Å². The van der Waals surface area contributed by atoms with Crippen LogP contribution in [0.2, 0.25) is 0 Å². The molecule has 2 aromatic heterocycles. The summed E-state index contributed by atoms with van der Waals surface area (Å²) < 4.78 is 1.43. The Morgan fingerprint density at radius 2 is 1.92 bits per heavy atom. The van der Waals surface area contributed by atoms with Crippen LogP contribution in [0.25, 0.3) is 10.2 Å². The van der Waals surface area contributed by atoms with E-state index in [1.54, 1.807) is 17.6 Å². The Bertz CT molecular complexity index is 996. The molecule has 3 aromatic rings.